The van der Waals surface area contributed by atoms with E-state index in [9.17, 15) is 14.4 Å². The molecule has 1 aliphatic heterocycles. The van der Waals surface area contributed by atoms with Crippen LogP contribution in [0.1, 0.15) is 12.8 Å². The minimum atomic E-state index is -1.20. The molecule has 1 aliphatic rings. The normalized spacial score (nSPS) is 22.0. The van der Waals surface area contributed by atoms with Gasteiger partial charge in [-0.25, -0.2) is 4.79 Å². The van der Waals surface area contributed by atoms with Crippen molar-refractivity contribution in [3.63, 3.8) is 0 Å². The second kappa shape index (κ2) is 5.45. The number of hydrogen-bond donors (Lipinski definition) is 2. The van der Waals surface area contributed by atoms with Gasteiger partial charge in [0.1, 0.15) is 11.8 Å². The van der Waals surface area contributed by atoms with Gasteiger partial charge >= 0.3 is 5.97 Å². The van der Waals surface area contributed by atoms with E-state index >= 15 is 0 Å². The highest BCUT2D eigenvalue weighted by atomic mass is 16.5. The maximum absolute atomic E-state index is 11.5. The Kier molecular flexibility index (Phi) is 4.23. The summed E-state index contributed by atoms with van der Waals surface area (Å²) in [5, 5.41) is 10.8. The second-order valence-corrected chi connectivity index (χ2v) is 3.41. The summed E-state index contributed by atoms with van der Waals surface area (Å²) in [6.45, 7) is 0.890. The number of rotatable bonds is 6. The van der Waals surface area contributed by atoms with Gasteiger partial charge in [-0.15, -0.1) is 0 Å². The molecule has 1 rings (SSSR count). The molecule has 1 fully saturated rings. The summed E-state index contributed by atoms with van der Waals surface area (Å²) in [4.78, 5) is 32.3. The number of amides is 1. The van der Waals surface area contributed by atoms with Crippen molar-refractivity contribution in [3.8, 4) is 0 Å². The monoisotopic (exact) mass is 215 g/mol. The van der Waals surface area contributed by atoms with E-state index in [1.807, 2.05) is 0 Å². The number of ketones is 1. The lowest BCUT2D eigenvalue weighted by Crippen LogP contribution is -2.38. The largest absolute Gasteiger partial charge is 0.480 e. The van der Waals surface area contributed by atoms with Crippen LogP contribution in [0.4, 0.5) is 0 Å². The van der Waals surface area contributed by atoms with Gasteiger partial charge in [-0.3, -0.25) is 9.59 Å². The van der Waals surface area contributed by atoms with Gasteiger partial charge in [0.15, 0.2) is 0 Å². The molecule has 1 amide bonds. The van der Waals surface area contributed by atoms with Crippen LogP contribution in [0.25, 0.3) is 0 Å². The zero-order valence-corrected chi connectivity index (χ0v) is 8.14. The Hall–Kier alpha value is -1.43. The summed E-state index contributed by atoms with van der Waals surface area (Å²) in [5.74, 6) is -1.59. The van der Waals surface area contributed by atoms with Gasteiger partial charge in [0.2, 0.25) is 6.41 Å². The highest BCUT2D eigenvalue weighted by Crippen LogP contribution is 2.15. The van der Waals surface area contributed by atoms with E-state index in [-0.39, 0.29) is 24.5 Å². The average molecular weight is 215 g/mol. The minimum Gasteiger partial charge on any atom is -0.480 e. The van der Waals surface area contributed by atoms with Crippen LogP contribution in [0.5, 0.6) is 0 Å². The molecule has 0 saturated carbocycles. The van der Waals surface area contributed by atoms with Crippen molar-refractivity contribution in [2.75, 3.05) is 13.2 Å². The lowest BCUT2D eigenvalue weighted by molar-refractivity contribution is -0.142. The van der Waals surface area contributed by atoms with Crippen molar-refractivity contribution in [3.05, 3.63) is 0 Å². The Labute approximate surface area is 86.6 Å². The molecule has 2 N–H and O–H groups in total. The first-order chi connectivity index (χ1) is 7.15. The molecule has 6 heteroatoms. The third-order valence-electron chi connectivity index (χ3n) is 2.36. The number of aliphatic carboxylic acids is 1. The molecule has 0 aliphatic carbocycles. The lowest BCUT2D eigenvalue weighted by Gasteiger charge is -2.12. The molecule has 0 bridgehead atoms. The fraction of sp³-hybridized carbons (Fsp3) is 0.667. The first-order valence-corrected chi connectivity index (χ1v) is 4.68. The molecule has 6 nitrogen and oxygen atoms in total. The fourth-order valence-corrected chi connectivity index (χ4v) is 1.46. The van der Waals surface area contributed by atoms with Gasteiger partial charge in [0.25, 0.3) is 0 Å². The van der Waals surface area contributed by atoms with Crippen LogP contribution in [0.15, 0.2) is 0 Å². The highest BCUT2D eigenvalue weighted by Gasteiger charge is 2.28. The van der Waals surface area contributed by atoms with Crippen molar-refractivity contribution in [2.45, 2.75) is 18.9 Å². The molecule has 84 valence electrons. The smallest absolute Gasteiger partial charge is 0.326 e. The Balaban J connectivity index is 2.45. The van der Waals surface area contributed by atoms with E-state index in [0.717, 1.165) is 0 Å². The highest BCUT2D eigenvalue weighted by molar-refractivity contribution is 5.88. The van der Waals surface area contributed by atoms with Gasteiger partial charge in [-0.05, 0) is 6.42 Å². The maximum atomic E-state index is 11.5. The molecular weight excluding hydrogens is 202 g/mol. The van der Waals surface area contributed by atoms with Gasteiger partial charge in [0, 0.05) is 18.9 Å². The molecule has 2 atom stereocenters. The third-order valence-corrected chi connectivity index (χ3v) is 2.36. The molecule has 0 radical (unpaired) electrons. The van der Waals surface area contributed by atoms with Crippen molar-refractivity contribution < 1.29 is 24.2 Å². The fourth-order valence-electron chi connectivity index (χ4n) is 1.46. The van der Waals surface area contributed by atoms with Gasteiger partial charge in [-0.1, -0.05) is 0 Å². The number of hydrogen-bond acceptors (Lipinski definition) is 4. The van der Waals surface area contributed by atoms with E-state index in [1.54, 1.807) is 0 Å². The number of carbonyl (C=O) groups excluding carboxylic acids is 2. The first-order valence-electron chi connectivity index (χ1n) is 4.68. The van der Waals surface area contributed by atoms with E-state index in [4.69, 9.17) is 9.84 Å². The number of nitrogens with one attached hydrogen (secondary N) is 1. The molecule has 0 aromatic rings. The van der Waals surface area contributed by atoms with Crippen molar-refractivity contribution in [1.82, 2.24) is 5.32 Å². The van der Waals surface area contributed by atoms with Crippen LogP contribution in [0.2, 0.25) is 0 Å². The van der Waals surface area contributed by atoms with Crippen LogP contribution in [0.3, 0.4) is 0 Å². The molecule has 15 heavy (non-hydrogen) atoms. The van der Waals surface area contributed by atoms with E-state index in [0.29, 0.717) is 19.6 Å². The molecule has 2 unspecified atom stereocenters. The van der Waals surface area contributed by atoms with Gasteiger partial charge < -0.3 is 15.2 Å². The predicted octanol–water partition coefficient (Wildman–Crippen LogP) is -0.819. The molecule has 0 aromatic heterocycles. The standard InChI is InChI=1S/C9H13NO5/c11-5-10-7(9(13)14)3-8(12)6-1-2-15-4-6/h5-7H,1-4H2,(H,10,11)(H,13,14). The summed E-state index contributed by atoms with van der Waals surface area (Å²) in [6, 6.07) is -1.13. The Morgan fingerprint density at radius 2 is 2.33 bits per heavy atom. The molecule has 1 heterocycles. The van der Waals surface area contributed by atoms with Crippen LogP contribution in [-0.2, 0) is 19.1 Å². The van der Waals surface area contributed by atoms with E-state index in [2.05, 4.69) is 5.32 Å². The summed E-state index contributed by atoms with van der Waals surface area (Å²) in [6.07, 6.45) is 0.742. The number of carbonyl (C=O) groups is 3. The van der Waals surface area contributed by atoms with Gasteiger partial charge in [-0.2, -0.15) is 0 Å². The first kappa shape index (κ1) is 11.6. The summed E-state index contributed by atoms with van der Waals surface area (Å²) >= 11 is 0. The minimum absolute atomic E-state index is 0.172. The Morgan fingerprint density at radius 1 is 1.60 bits per heavy atom. The van der Waals surface area contributed by atoms with Crippen LogP contribution in [-0.4, -0.2) is 42.5 Å². The second-order valence-electron chi connectivity index (χ2n) is 3.41. The van der Waals surface area contributed by atoms with Crippen LogP contribution >= 0.6 is 0 Å². The zero-order chi connectivity index (χ0) is 11.3. The number of Topliss-reactive ketones (excluding diaryl/α,β-unsaturated/α-hetero) is 1. The lowest BCUT2D eigenvalue weighted by atomic mass is 9.98. The van der Waals surface area contributed by atoms with Gasteiger partial charge in [0.05, 0.1) is 6.61 Å². The van der Waals surface area contributed by atoms with Crippen molar-refractivity contribution in [1.29, 1.82) is 0 Å². The number of carboxylic acids is 1. The third kappa shape index (κ3) is 3.32. The van der Waals surface area contributed by atoms with Crippen molar-refractivity contribution >= 4 is 18.2 Å². The number of carboxylic acid groups (broad SMARTS) is 1. The molecular formula is C9H13NO5. The average Bonchev–Trinajstić information content (AvgIpc) is 2.69. The summed E-state index contributed by atoms with van der Waals surface area (Å²) in [7, 11) is 0. The topological polar surface area (TPSA) is 92.7 Å². The Bertz CT molecular complexity index is 259. The quantitative estimate of drug-likeness (QED) is 0.565. The SMILES string of the molecule is O=CNC(CC(=O)C1CCOC1)C(=O)O. The summed E-state index contributed by atoms with van der Waals surface area (Å²) < 4.78 is 5.02. The predicted molar refractivity (Wildman–Crippen MR) is 49.2 cm³/mol. The molecule has 1 saturated heterocycles. The van der Waals surface area contributed by atoms with Crippen LogP contribution < -0.4 is 5.32 Å². The van der Waals surface area contributed by atoms with Crippen LogP contribution in [0, 0.1) is 5.92 Å². The van der Waals surface area contributed by atoms with E-state index in [1.165, 1.54) is 0 Å². The Morgan fingerprint density at radius 3 is 2.80 bits per heavy atom. The molecule has 0 spiro atoms. The maximum Gasteiger partial charge on any atom is 0.326 e. The molecule has 0 aromatic carbocycles. The zero-order valence-electron chi connectivity index (χ0n) is 8.14. The van der Waals surface area contributed by atoms with E-state index < -0.39 is 12.0 Å². The number of ether oxygens (including phenoxy) is 1. The summed E-state index contributed by atoms with van der Waals surface area (Å²) in [5.41, 5.74) is 0. The van der Waals surface area contributed by atoms with Crippen molar-refractivity contribution in [2.24, 2.45) is 5.92 Å².